The van der Waals surface area contributed by atoms with E-state index in [1.54, 1.807) is 46.1 Å². The Balaban J connectivity index is 1.95. The van der Waals surface area contributed by atoms with Crippen molar-refractivity contribution in [1.29, 1.82) is 0 Å². The molecule has 0 atom stereocenters. The van der Waals surface area contributed by atoms with E-state index in [9.17, 15) is 13.2 Å². The van der Waals surface area contributed by atoms with Gasteiger partial charge < -0.3 is 4.74 Å². The third-order valence-corrected chi connectivity index (χ3v) is 6.79. The Morgan fingerprint density at radius 3 is 2.48 bits per heavy atom. The largest absolute Gasteiger partial charge is 0.443 e. The number of benzene rings is 1. The van der Waals surface area contributed by atoms with Gasteiger partial charge in [-0.25, -0.2) is 18.7 Å². The molecule has 0 radical (unpaired) electrons. The number of aromatic nitrogens is 3. The van der Waals surface area contributed by atoms with Crippen molar-refractivity contribution in [1.82, 2.24) is 18.2 Å². The van der Waals surface area contributed by atoms with Crippen molar-refractivity contribution in [3.8, 4) is 10.4 Å². The predicted octanol–water partition coefficient (Wildman–Crippen LogP) is 3.19. The van der Waals surface area contributed by atoms with E-state index in [1.165, 1.54) is 36.7 Å². The Bertz CT molecular complexity index is 1160. The van der Waals surface area contributed by atoms with E-state index in [-0.39, 0.29) is 0 Å². The van der Waals surface area contributed by atoms with Crippen molar-refractivity contribution in [3.05, 3.63) is 30.7 Å². The van der Waals surface area contributed by atoms with Crippen LogP contribution >= 0.6 is 11.3 Å². The summed E-state index contributed by atoms with van der Waals surface area (Å²) in [7, 11) is 0.836. The number of hydrogen-bond donors (Lipinski definition) is 0. The number of amides is 1. The molecule has 1 amide bonds. The van der Waals surface area contributed by atoms with Crippen LogP contribution in [0.25, 0.3) is 21.5 Å². The maximum absolute atomic E-state index is 12.5. The molecule has 156 valence electrons. The average molecular weight is 438 g/mol. The van der Waals surface area contributed by atoms with Crippen LogP contribution in [-0.2, 0) is 14.9 Å². The number of hydrogen-bond acceptors (Lipinski definition) is 7. The second-order valence-electron chi connectivity index (χ2n) is 7.58. The molecule has 0 saturated carbocycles. The molecule has 0 aliphatic carbocycles. The van der Waals surface area contributed by atoms with Crippen LogP contribution in [0, 0.1) is 0 Å². The lowest BCUT2D eigenvalue weighted by Crippen LogP contribution is -2.34. The molecule has 1 aromatic carbocycles. The summed E-state index contributed by atoms with van der Waals surface area (Å²) in [6.07, 6.45) is 2.44. The number of fused-ring (bicyclic) bond motifs is 1. The Morgan fingerprint density at radius 1 is 1.17 bits per heavy atom. The monoisotopic (exact) mass is 437 g/mol. The highest BCUT2D eigenvalue weighted by Gasteiger charge is 2.23. The normalized spacial score (nSPS) is 12.5. The lowest BCUT2D eigenvalue weighted by atomic mass is 10.2. The van der Waals surface area contributed by atoms with E-state index in [2.05, 4.69) is 9.97 Å². The first kappa shape index (κ1) is 21.2. The molecular weight excluding hydrogens is 414 g/mol. The third-order valence-electron chi connectivity index (χ3n) is 3.96. The highest BCUT2D eigenvalue weighted by atomic mass is 32.2. The van der Waals surface area contributed by atoms with Crippen LogP contribution in [0.15, 0.2) is 30.7 Å². The van der Waals surface area contributed by atoms with Gasteiger partial charge in [-0.1, -0.05) is 17.4 Å². The van der Waals surface area contributed by atoms with Crippen molar-refractivity contribution in [2.24, 2.45) is 0 Å². The Labute approximate surface area is 173 Å². The van der Waals surface area contributed by atoms with Gasteiger partial charge in [0.1, 0.15) is 11.9 Å². The van der Waals surface area contributed by atoms with Crippen LogP contribution in [0.4, 0.5) is 9.93 Å². The van der Waals surface area contributed by atoms with E-state index in [4.69, 9.17) is 4.74 Å². The van der Waals surface area contributed by atoms with E-state index in [0.29, 0.717) is 16.2 Å². The van der Waals surface area contributed by atoms with Crippen molar-refractivity contribution in [2.75, 3.05) is 26.0 Å². The highest BCUT2D eigenvalue weighted by Crippen LogP contribution is 2.33. The van der Waals surface area contributed by atoms with E-state index < -0.39 is 21.9 Å². The molecule has 9 nitrogen and oxygen atoms in total. The topological polar surface area (TPSA) is 97.6 Å². The summed E-state index contributed by atoms with van der Waals surface area (Å²) in [4.78, 5) is 22.9. The fraction of sp³-hybridized carbons (Fsp3) is 0.389. The molecule has 0 N–H and O–H groups in total. The SMILES string of the molecule is CN(C(=O)OC(C)(C)C)c1ncc(-c2ccc3ncn(S(=O)(=O)N(C)C)c3c2)s1. The van der Waals surface area contributed by atoms with Gasteiger partial charge in [0, 0.05) is 27.3 Å². The molecule has 0 bridgehead atoms. The summed E-state index contributed by atoms with van der Waals surface area (Å²) in [6, 6.07) is 5.34. The molecule has 0 saturated heterocycles. The number of carbonyl (C=O) groups excluding carboxylic acids is 1. The van der Waals surface area contributed by atoms with Gasteiger partial charge in [-0.05, 0) is 38.5 Å². The van der Waals surface area contributed by atoms with Crippen LogP contribution in [0.5, 0.6) is 0 Å². The second-order valence-corrected chi connectivity index (χ2v) is 10.6. The molecule has 11 heteroatoms. The van der Waals surface area contributed by atoms with Crippen molar-refractivity contribution in [3.63, 3.8) is 0 Å². The van der Waals surface area contributed by atoms with Gasteiger partial charge in [0.15, 0.2) is 5.13 Å². The fourth-order valence-corrected chi connectivity index (χ4v) is 4.24. The zero-order valence-corrected chi connectivity index (χ0v) is 18.7. The maximum Gasteiger partial charge on any atom is 0.416 e. The molecular formula is C18H23N5O4S2. The Hall–Kier alpha value is -2.50. The Morgan fingerprint density at radius 2 is 1.86 bits per heavy atom. The maximum atomic E-state index is 12.5. The second kappa shape index (κ2) is 7.39. The average Bonchev–Trinajstić information content (AvgIpc) is 3.26. The minimum atomic E-state index is -3.69. The van der Waals surface area contributed by atoms with Gasteiger partial charge in [0.25, 0.3) is 0 Å². The molecule has 0 unspecified atom stereocenters. The number of ether oxygens (including phenoxy) is 1. The summed E-state index contributed by atoms with van der Waals surface area (Å²) >= 11 is 1.30. The Kier molecular flexibility index (Phi) is 5.41. The van der Waals surface area contributed by atoms with Gasteiger partial charge in [-0.15, -0.1) is 0 Å². The third kappa shape index (κ3) is 4.26. The number of anilines is 1. The quantitative estimate of drug-likeness (QED) is 0.622. The van der Waals surface area contributed by atoms with Gasteiger partial charge in [-0.2, -0.15) is 12.7 Å². The smallest absolute Gasteiger partial charge is 0.416 e. The first-order valence-electron chi connectivity index (χ1n) is 8.73. The minimum Gasteiger partial charge on any atom is -0.443 e. The molecule has 0 aliphatic heterocycles. The number of nitrogens with zero attached hydrogens (tertiary/aromatic N) is 5. The molecule has 2 aromatic heterocycles. The zero-order chi connectivity index (χ0) is 21.6. The van der Waals surface area contributed by atoms with Crippen LogP contribution in [0.3, 0.4) is 0 Å². The fourth-order valence-electron chi connectivity index (χ4n) is 2.46. The number of rotatable bonds is 4. The van der Waals surface area contributed by atoms with Crippen molar-refractivity contribution < 1.29 is 17.9 Å². The lowest BCUT2D eigenvalue weighted by molar-refractivity contribution is 0.0589. The number of imidazole rings is 1. The first-order valence-corrected chi connectivity index (χ1v) is 10.9. The van der Waals surface area contributed by atoms with Crippen molar-refractivity contribution >= 4 is 43.8 Å². The lowest BCUT2D eigenvalue weighted by Gasteiger charge is -2.23. The van der Waals surface area contributed by atoms with Gasteiger partial charge in [0.05, 0.1) is 15.9 Å². The van der Waals surface area contributed by atoms with E-state index in [1.807, 2.05) is 6.07 Å². The number of thiazole rings is 1. The molecule has 2 heterocycles. The van der Waals surface area contributed by atoms with Crippen LogP contribution < -0.4 is 4.90 Å². The summed E-state index contributed by atoms with van der Waals surface area (Å²) in [5, 5.41) is 0.476. The van der Waals surface area contributed by atoms with E-state index >= 15 is 0 Å². The van der Waals surface area contributed by atoms with Crippen LogP contribution in [-0.4, -0.2) is 59.5 Å². The summed E-state index contributed by atoms with van der Waals surface area (Å²) in [6.45, 7) is 5.39. The van der Waals surface area contributed by atoms with Crippen molar-refractivity contribution in [2.45, 2.75) is 26.4 Å². The minimum absolute atomic E-state index is 0.464. The zero-order valence-electron chi connectivity index (χ0n) is 17.1. The van der Waals surface area contributed by atoms with Gasteiger partial charge in [0.2, 0.25) is 0 Å². The number of carbonyl (C=O) groups is 1. The standard InChI is InChI=1S/C18H23N5O4S2/c1-18(2,3)27-17(24)22(6)16-19-10-15(28-16)12-7-8-13-14(9-12)23(11-20-13)29(25,26)21(4)5/h7-11H,1-6H3. The van der Waals surface area contributed by atoms with Gasteiger partial charge >= 0.3 is 16.3 Å². The molecule has 0 fully saturated rings. The summed E-state index contributed by atoms with van der Waals surface area (Å²) in [5.41, 5.74) is 1.20. The molecule has 3 rings (SSSR count). The highest BCUT2D eigenvalue weighted by molar-refractivity contribution is 7.87. The first-order chi connectivity index (χ1) is 13.4. The van der Waals surface area contributed by atoms with E-state index in [0.717, 1.165) is 18.7 Å². The van der Waals surface area contributed by atoms with Crippen LogP contribution in [0.1, 0.15) is 20.8 Å². The van der Waals surface area contributed by atoms with Gasteiger partial charge in [-0.3, -0.25) is 4.90 Å². The molecule has 0 spiro atoms. The molecule has 0 aliphatic rings. The predicted molar refractivity (Wildman–Crippen MR) is 113 cm³/mol. The summed E-state index contributed by atoms with van der Waals surface area (Å²) in [5.74, 6) is 0. The molecule has 3 aromatic rings. The molecule has 29 heavy (non-hydrogen) atoms. The van der Waals surface area contributed by atoms with Crippen LogP contribution in [0.2, 0.25) is 0 Å². The summed E-state index contributed by atoms with van der Waals surface area (Å²) < 4.78 is 32.7.